The quantitative estimate of drug-likeness (QED) is 0.0642. The molecule has 0 radical (unpaired) electrons. The van der Waals surface area contributed by atoms with Crippen LogP contribution in [0.4, 0.5) is 25.8 Å². The van der Waals surface area contributed by atoms with E-state index in [1.807, 2.05) is 4.72 Å². The van der Waals surface area contributed by atoms with E-state index >= 15 is 0 Å². The highest BCUT2D eigenvalue weighted by molar-refractivity contribution is 7.90. The van der Waals surface area contributed by atoms with E-state index in [1.165, 1.54) is 29.7 Å². The molecule has 16 nitrogen and oxygen atoms in total. The number of nitrogens with zero attached hydrogens (tertiary/aromatic N) is 4. The van der Waals surface area contributed by atoms with Gasteiger partial charge in [0.2, 0.25) is 0 Å². The number of likely N-dealkylation sites (tertiary alicyclic amines) is 1. The number of sulfonamides is 1. The van der Waals surface area contributed by atoms with Gasteiger partial charge in [0.1, 0.15) is 18.0 Å². The lowest BCUT2D eigenvalue weighted by molar-refractivity contribution is -0.384. The van der Waals surface area contributed by atoms with E-state index in [9.17, 15) is 37.2 Å². The Kier molecular flexibility index (Phi) is 12.7. The minimum absolute atomic E-state index is 0.0224. The summed E-state index contributed by atoms with van der Waals surface area (Å²) < 4.78 is 74.6. The van der Waals surface area contributed by atoms with Gasteiger partial charge in [-0.25, -0.2) is 13.1 Å². The number of nitro benzene ring substituents is 1. The van der Waals surface area contributed by atoms with E-state index in [-0.39, 0.29) is 58.1 Å². The first-order valence-corrected chi connectivity index (χ1v) is 25.8. The Hall–Kier alpha value is -6.05. The molecule has 3 aromatic carbocycles. The number of aromatic amines is 1. The molecule has 70 heavy (non-hydrogen) atoms. The Bertz CT molecular complexity index is 2900. The first-order chi connectivity index (χ1) is 33.4. The molecule has 5 aromatic rings. The molecule has 0 unspecified atom stereocenters. The van der Waals surface area contributed by atoms with Gasteiger partial charge in [-0.3, -0.25) is 19.8 Å². The standard InChI is InChI=1S/C51H59F2N7O9S/c1-30(2)36-7-4-5-8-37(36)40-9-6-20-59(40)34-27-51(28-34)17-21-58(22-18-51)33-10-11-38(42(24-33)68-44-23-32-14-19-54-46(32)56-48(44)69-49(52)53)47(61)57-70(65,66)35-25-41(60(63)64)45-43(26-35)67-29-39(55-45)31-12-15-50(3,62)16-13-31/h4-5,7-8,10-11,14,19,23-26,30-31,34,39-40,49,55,62H,6,9,12-13,15-18,20-22,27-29H2,1-3H3,(H,54,56)(H,57,61)/t31-,39-,40-,50-/m1/s1. The number of amides is 1. The summed E-state index contributed by atoms with van der Waals surface area (Å²) in [5, 5.41) is 26.6. The number of benzene rings is 3. The molecule has 2 aliphatic carbocycles. The second-order valence-electron chi connectivity index (χ2n) is 20.5. The molecule has 2 saturated carbocycles. The smallest absolute Gasteiger partial charge is 0.388 e. The monoisotopic (exact) mass is 983 g/mol. The minimum atomic E-state index is -4.80. The molecule has 4 N–H and O–H groups in total. The van der Waals surface area contributed by atoms with E-state index in [2.05, 4.69) is 63.2 Å². The summed E-state index contributed by atoms with van der Waals surface area (Å²) in [7, 11) is -4.80. The Morgan fingerprint density at radius 2 is 1.76 bits per heavy atom. The summed E-state index contributed by atoms with van der Waals surface area (Å²) >= 11 is 0. The largest absolute Gasteiger partial charge is 0.489 e. The summed E-state index contributed by atoms with van der Waals surface area (Å²) in [6.07, 6.45) is 10.5. The van der Waals surface area contributed by atoms with Gasteiger partial charge in [0.05, 0.1) is 27.0 Å². The number of hydrogen-bond acceptors (Lipinski definition) is 13. The van der Waals surface area contributed by atoms with E-state index < -0.39 is 49.5 Å². The fraction of sp³-hybridized carbons (Fsp3) is 0.490. The fourth-order valence-corrected chi connectivity index (χ4v) is 12.7. The van der Waals surface area contributed by atoms with Crippen molar-refractivity contribution in [3.8, 4) is 23.1 Å². The molecule has 3 aliphatic heterocycles. The molecule has 2 saturated heterocycles. The third-order valence-electron chi connectivity index (χ3n) is 15.6. The van der Waals surface area contributed by atoms with Gasteiger partial charge in [0.25, 0.3) is 27.5 Å². The maximum Gasteiger partial charge on any atom is 0.388 e. The van der Waals surface area contributed by atoms with E-state index in [0.29, 0.717) is 67.8 Å². The van der Waals surface area contributed by atoms with Crippen LogP contribution in [0.1, 0.15) is 118 Å². The van der Waals surface area contributed by atoms with Gasteiger partial charge < -0.3 is 34.5 Å². The van der Waals surface area contributed by atoms with Gasteiger partial charge >= 0.3 is 6.61 Å². The molecule has 0 bridgehead atoms. The number of halogens is 2. The Morgan fingerprint density at radius 3 is 2.49 bits per heavy atom. The van der Waals surface area contributed by atoms with Gasteiger partial charge in [-0.05, 0) is 130 Å². The molecular weight excluding hydrogens is 925 g/mol. The molecule has 1 spiro atoms. The Morgan fingerprint density at radius 1 is 1.00 bits per heavy atom. The van der Waals surface area contributed by atoms with Gasteiger partial charge in [-0.1, -0.05) is 38.1 Å². The number of rotatable bonds is 13. The highest BCUT2D eigenvalue weighted by atomic mass is 32.2. The number of fused-ring (bicyclic) bond motifs is 2. The van der Waals surface area contributed by atoms with Crippen molar-refractivity contribution in [2.75, 3.05) is 36.5 Å². The fourth-order valence-electron chi connectivity index (χ4n) is 11.7. The third-order valence-corrected chi connectivity index (χ3v) is 16.9. The molecular formula is C51H59F2N7O9S. The zero-order valence-electron chi connectivity index (χ0n) is 39.5. The number of carbonyl (C=O) groups excluding carboxylic acids is 1. The number of aliphatic hydroxyl groups is 1. The van der Waals surface area contributed by atoms with Crippen molar-refractivity contribution in [2.24, 2.45) is 11.3 Å². The van der Waals surface area contributed by atoms with Crippen LogP contribution in [0.3, 0.4) is 0 Å². The van der Waals surface area contributed by atoms with Crippen LogP contribution in [-0.4, -0.2) is 89.8 Å². The van der Waals surface area contributed by atoms with E-state index in [1.54, 1.807) is 31.3 Å². The van der Waals surface area contributed by atoms with Crippen molar-refractivity contribution < 1.29 is 46.2 Å². The second kappa shape index (κ2) is 18.6. The van der Waals surface area contributed by atoms with Crippen LogP contribution < -0.4 is 29.1 Å². The number of aromatic nitrogens is 2. The van der Waals surface area contributed by atoms with Crippen molar-refractivity contribution in [3.63, 3.8) is 0 Å². The van der Waals surface area contributed by atoms with Crippen LogP contribution in [-0.2, 0) is 10.0 Å². The highest BCUT2D eigenvalue weighted by Gasteiger charge is 2.50. The molecule has 2 aromatic heterocycles. The molecule has 4 fully saturated rings. The Balaban J connectivity index is 0.888. The summed E-state index contributed by atoms with van der Waals surface area (Å²) in [6, 6.07) is 19.2. The third kappa shape index (κ3) is 9.46. The zero-order chi connectivity index (χ0) is 49.1. The van der Waals surface area contributed by atoms with Crippen molar-refractivity contribution in [2.45, 2.75) is 126 Å². The summed E-state index contributed by atoms with van der Waals surface area (Å²) in [6.45, 7) is 5.64. The number of pyridine rings is 1. The van der Waals surface area contributed by atoms with Crippen molar-refractivity contribution >= 4 is 44.0 Å². The first-order valence-electron chi connectivity index (χ1n) is 24.3. The van der Waals surface area contributed by atoms with Crippen LogP contribution in [0.25, 0.3) is 11.0 Å². The van der Waals surface area contributed by atoms with Gasteiger partial charge in [-0.15, -0.1) is 0 Å². The van der Waals surface area contributed by atoms with Gasteiger partial charge in [0, 0.05) is 60.6 Å². The molecule has 5 aliphatic rings. The highest BCUT2D eigenvalue weighted by Crippen LogP contribution is 2.54. The maximum absolute atomic E-state index is 14.2. The van der Waals surface area contributed by atoms with E-state index in [0.717, 1.165) is 50.8 Å². The molecule has 5 heterocycles. The van der Waals surface area contributed by atoms with Crippen LogP contribution in [0, 0.1) is 21.4 Å². The number of anilines is 2. The number of ether oxygens (including phenoxy) is 3. The zero-order valence-corrected chi connectivity index (χ0v) is 40.3. The lowest BCUT2D eigenvalue weighted by Crippen LogP contribution is -2.54. The average molecular weight is 984 g/mol. The van der Waals surface area contributed by atoms with Gasteiger partial charge in [-0.2, -0.15) is 13.8 Å². The predicted molar refractivity (Wildman–Crippen MR) is 259 cm³/mol. The normalized spacial score (nSPS) is 23.7. The number of piperidine rings is 1. The lowest BCUT2D eigenvalue weighted by Gasteiger charge is -2.56. The van der Waals surface area contributed by atoms with Crippen molar-refractivity contribution in [3.05, 3.63) is 99.7 Å². The number of nitrogens with one attached hydrogen (secondary N) is 3. The molecule has 19 heteroatoms. The van der Waals surface area contributed by atoms with Crippen molar-refractivity contribution in [1.82, 2.24) is 19.6 Å². The number of nitro groups is 1. The van der Waals surface area contributed by atoms with Crippen LogP contribution in [0.2, 0.25) is 0 Å². The van der Waals surface area contributed by atoms with Crippen LogP contribution >= 0.6 is 0 Å². The lowest BCUT2D eigenvalue weighted by atomic mass is 9.59. The minimum Gasteiger partial charge on any atom is -0.489 e. The molecule has 2 atom stereocenters. The van der Waals surface area contributed by atoms with E-state index in [4.69, 9.17) is 14.2 Å². The number of hydrogen-bond donors (Lipinski definition) is 4. The summed E-state index contributed by atoms with van der Waals surface area (Å²) in [4.78, 5) is 37.3. The number of alkyl halides is 2. The molecule has 1 amide bonds. The number of carbonyl (C=O) groups is 1. The van der Waals surface area contributed by atoms with Crippen LogP contribution in [0.5, 0.6) is 23.1 Å². The predicted octanol–water partition coefficient (Wildman–Crippen LogP) is 9.81. The molecule has 372 valence electrons. The molecule has 10 rings (SSSR count). The number of H-pyrrole nitrogens is 1. The Labute approximate surface area is 405 Å². The topological polar surface area (TPSA) is 201 Å². The van der Waals surface area contributed by atoms with Crippen molar-refractivity contribution in [1.29, 1.82) is 0 Å². The average Bonchev–Trinajstić information content (AvgIpc) is 4.00. The SMILES string of the molecule is CC(C)c1ccccc1[C@H]1CCCN1C1CC2(CCN(c3ccc(C(=O)NS(=O)(=O)c4cc5c(c([N+](=O)[O-])c4)N[C@@H]([C@H]4CC[C@](C)(O)CC4)CO5)c(Oc4cc5cc[nH]c5nc4OC(F)F)c3)CC2)C1. The first kappa shape index (κ1) is 47.6. The second-order valence-corrected chi connectivity index (χ2v) is 22.2. The maximum atomic E-state index is 14.2. The summed E-state index contributed by atoms with van der Waals surface area (Å²) in [5.74, 6) is -1.67. The van der Waals surface area contributed by atoms with Gasteiger partial charge in [0.15, 0.2) is 17.2 Å². The van der Waals surface area contributed by atoms with Crippen LogP contribution in [0.15, 0.2) is 77.8 Å². The summed E-state index contributed by atoms with van der Waals surface area (Å²) in [5.41, 5.74) is 2.41.